The van der Waals surface area contributed by atoms with Gasteiger partial charge in [0.15, 0.2) is 5.82 Å². The molecule has 0 radical (unpaired) electrons. The number of benzene rings is 1. The van der Waals surface area contributed by atoms with E-state index in [1.807, 2.05) is 6.92 Å². The maximum absolute atomic E-state index is 12.7. The number of rotatable bonds is 3. The van der Waals surface area contributed by atoms with Gasteiger partial charge in [0.2, 0.25) is 0 Å². The zero-order valence-corrected chi connectivity index (χ0v) is 13.7. The topological polar surface area (TPSA) is 70.1 Å². The number of phenolic OH excluding ortho intramolecular Hbond substituents is 1. The first kappa shape index (κ1) is 17.5. The monoisotopic (exact) mass is 352 g/mol. The van der Waals surface area contributed by atoms with Crippen molar-refractivity contribution in [2.45, 2.75) is 32.0 Å². The Labute approximate surface area is 143 Å². The molecule has 25 heavy (non-hydrogen) atoms. The number of piperidine rings is 1. The number of nitrogens with one attached hydrogen (secondary N) is 2. The number of aromatic nitrogens is 2. The Balaban J connectivity index is 1.82. The van der Waals surface area contributed by atoms with Gasteiger partial charge in [-0.15, -0.1) is 10.2 Å². The number of hydrogen-bond acceptors (Lipinski definition) is 5. The number of aryl methyl sites for hydroxylation is 1. The number of phenols is 1. The third-order valence-corrected chi connectivity index (χ3v) is 4.22. The van der Waals surface area contributed by atoms with Crippen LogP contribution in [-0.2, 0) is 6.18 Å². The normalized spacial score (nSPS) is 18.2. The van der Waals surface area contributed by atoms with Gasteiger partial charge in [-0.25, -0.2) is 0 Å². The summed E-state index contributed by atoms with van der Waals surface area (Å²) in [5, 5.41) is 24.8. The summed E-state index contributed by atoms with van der Waals surface area (Å²) < 4.78 is 38.1. The molecule has 1 aliphatic heterocycles. The number of halogens is 3. The summed E-state index contributed by atoms with van der Waals surface area (Å²) in [6.07, 6.45) is -2.38. The number of nitrogens with zero attached hydrogens (tertiary/aromatic N) is 2. The average Bonchev–Trinajstić information content (AvgIpc) is 2.57. The lowest BCUT2D eigenvalue weighted by molar-refractivity contribution is -0.137. The van der Waals surface area contributed by atoms with Crippen LogP contribution in [0.2, 0.25) is 0 Å². The summed E-state index contributed by atoms with van der Waals surface area (Å²) in [6.45, 7) is 3.70. The van der Waals surface area contributed by atoms with Crippen LogP contribution in [0.1, 0.15) is 24.0 Å². The number of anilines is 1. The Bertz CT molecular complexity index is 758. The highest BCUT2D eigenvalue weighted by molar-refractivity contribution is 5.68. The predicted octanol–water partition coefficient (Wildman–Crippen LogP) is 3.34. The molecule has 134 valence electrons. The van der Waals surface area contributed by atoms with E-state index in [1.165, 1.54) is 6.07 Å². The predicted molar refractivity (Wildman–Crippen MR) is 88.4 cm³/mol. The summed E-state index contributed by atoms with van der Waals surface area (Å²) in [4.78, 5) is 0. The van der Waals surface area contributed by atoms with Crippen molar-refractivity contribution in [2.75, 3.05) is 18.4 Å². The molecule has 5 nitrogen and oxygen atoms in total. The van der Waals surface area contributed by atoms with Gasteiger partial charge in [-0.1, -0.05) is 0 Å². The lowest BCUT2D eigenvalue weighted by Gasteiger charge is -2.24. The Morgan fingerprint density at radius 1 is 1.24 bits per heavy atom. The van der Waals surface area contributed by atoms with E-state index in [-0.39, 0.29) is 11.6 Å². The van der Waals surface area contributed by atoms with E-state index in [4.69, 9.17) is 0 Å². The fourth-order valence-corrected chi connectivity index (χ4v) is 2.85. The minimum atomic E-state index is -4.50. The standard InChI is InChI=1S/C17H19F3N4O/c1-10-7-14(13-5-4-11(8-15(13)25)17(18,19)20)23-24-16(10)22-12-3-2-6-21-9-12/h4-5,7-8,12,21,25H,2-3,6,9H2,1H3,(H,22,24). The molecule has 1 unspecified atom stereocenters. The Morgan fingerprint density at radius 3 is 2.64 bits per heavy atom. The third-order valence-electron chi connectivity index (χ3n) is 4.22. The zero-order valence-electron chi connectivity index (χ0n) is 13.7. The van der Waals surface area contributed by atoms with E-state index in [2.05, 4.69) is 20.8 Å². The first-order chi connectivity index (χ1) is 11.8. The van der Waals surface area contributed by atoms with Gasteiger partial charge in [0, 0.05) is 18.2 Å². The first-order valence-corrected chi connectivity index (χ1v) is 8.07. The van der Waals surface area contributed by atoms with Gasteiger partial charge >= 0.3 is 6.18 Å². The number of alkyl halides is 3. The average molecular weight is 352 g/mol. The van der Waals surface area contributed by atoms with Gasteiger partial charge in [0.05, 0.1) is 11.3 Å². The van der Waals surface area contributed by atoms with Crippen molar-refractivity contribution in [3.8, 4) is 17.0 Å². The van der Waals surface area contributed by atoms with Crippen molar-refractivity contribution < 1.29 is 18.3 Å². The molecule has 0 bridgehead atoms. The van der Waals surface area contributed by atoms with Crippen LogP contribution in [0.15, 0.2) is 24.3 Å². The van der Waals surface area contributed by atoms with Crippen LogP contribution in [-0.4, -0.2) is 34.4 Å². The Kier molecular flexibility index (Phi) is 4.80. The second-order valence-corrected chi connectivity index (χ2v) is 6.18. The molecule has 8 heteroatoms. The summed E-state index contributed by atoms with van der Waals surface area (Å²) in [6, 6.07) is 4.80. The Morgan fingerprint density at radius 2 is 2.04 bits per heavy atom. The molecule has 0 saturated carbocycles. The zero-order chi connectivity index (χ0) is 18.0. The largest absolute Gasteiger partial charge is 0.507 e. The van der Waals surface area contributed by atoms with Crippen LogP contribution in [0.5, 0.6) is 5.75 Å². The van der Waals surface area contributed by atoms with Crippen molar-refractivity contribution in [1.29, 1.82) is 0 Å². The van der Waals surface area contributed by atoms with E-state index in [9.17, 15) is 18.3 Å². The molecular weight excluding hydrogens is 333 g/mol. The SMILES string of the molecule is Cc1cc(-c2ccc(C(F)(F)F)cc2O)nnc1NC1CCCNC1. The maximum Gasteiger partial charge on any atom is 0.416 e. The molecule has 1 fully saturated rings. The van der Waals surface area contributed by atoms with Gasteiger partial charge in [-0.3, -0.25) is 0 Å². The lowest BCUT2D eigenvalue weighted by Crippen LogP contribution is -2.38. The lowest BCUT2D eigenvalue weighted by atomic mass is 10.1. The van der Waals surface area contributed by atoms with Gasteiger partial charge in [-0.05, 0) is 56.1 Å². The van der Waals surface area contributed by atoms with Crippen molar-refractivity contribution in [2.24, 2.45) is 0 Å². The van der Waals surface area contributed by atoms with E-state index >= 15 is 0 Å². The number of hydrogen-bond donors (Lipinski definition) is 3. The molecule has 1 aromatic heterocycles. The van der Waals surface area contributed by atoms with Gasteiger partial charge in [0.1, 0.15) is 5.75 Å². The molecular formula is C17H19F3N4O. The summed E-state index contributed by atoms with van der Waals surface area (Å²) >= 11 is 0. The highest BCUT2D eigenvalue weighted by Gasteiger charge is 2.31. The smallest absolute Gasteiger partial charge is 0.416 e. The first-order valence-electron chi connectivity index (χ1n) is 8.07. The molecule has 2 heterocycles. The molecule has 2 aromatic rings. The maximum atomic E-state index is 12.7. The minimum absolute atomic E-state index is 0.217. The van der Waals surface area contributed by atoms with Crippen LogP contribution < -0.4 is 10.6 Å². The minimum Gasteiger partial charge on any atom is -0.507 e. The summed E-state index contributed by atoms with van der Waals surface area (Å²) in [5.41, 5.74) is 0.460. The summed E-state index contributed by atoms with van der Waals surface area (Å²) in [5.74, 6) is 0.171. The Hall–Kier alpha value is -2.35. The van der Waals surface area contributed by atoms with E-state index in [0.717, 1.165) is 37.6 Å². The quantitative estimate of drug-likeness (QED) is 0.790. The second-order valence-electron chi connectivity index (χ2n) is 6.18. The molecule has 0 amide bonds. The molecule has 1 aliphatic rings. The van der Waals surface area contributed by atoms with Gasteiger partial charge in [0.25, 0.3) is 0 Å². The molecule has 0 spiro atoms. The van der Waals surface area contributed by atoms with Crippen molar-refractivity contribution in [3.05, 3.63) is 35.4 Å². The van der Waals surface area contributed by atoms with Crippen molar-refractivity contribution in [3.63, 3.8) is 0 Å². The fourth-order valence-electron chi connectivity index (χ4n) is 2.85. The molecule has 0 aliphatic carbocycles. The third kappa shape index (κ3) is 4.01. The highest BCUT2D eigenvalue weighted by atomic mass is 19.4. The highest BCUT2D eigenvalue weighted by Crippen LogP contribution is 2.36. The number of aromatic hydroxyl groups is 1. The van der Waals surface area contributed by atoms with E-state index in [1.54, 1.807) is 6.07 Å². The van der Waals surface area contributed by atoms with Crippen LogP contribution >= 0.6 is 0 Å². The second kappa shape index (κ2) is 6.87. The van der Waals surface area contributed by atoms with Crippen molar-refractivity contribution >= 4 is 5.82 Å². The van der Waals surface area contributed by atoms with Gasteiger partial charge in [-0.2, -0.15) is 13.2 Å². The van der Waals surface area contributed by atoms with Crippen LogP contribution in [0.4, 0.5) is 19.0 Å². The molecule has 1 saturated heterocycles. The van der Waals surface area contributed by atoms with Gasteiger partial charge < -0.3 is 15.7 Å². The van der Waals surface area contributed by atoms with Crippen LogP contribution in [0.3, 0.4) is 0 Å². The van der Waals surface area contributed by atoms with Crippen LogP contribution in [0, 0.1) is 6.92 Å². The van der Waals surface area contributed by atoms with E-state index in [0.29, 0.717) is 17.6 Å². The summed E-state index contributed by atoms with van der Waals surface area (Å²) in [7, 11) is 0. The molecule has 1 aromatic carbocycles. The molecule has 1 atom stereocenters. The fraction of sp³-hybridized carbons (Fsp3) is 0.412. The van der Waals surface area contributed by atoms with E-state index < -0.39 is 17.5 Å². The molecule has 3 N–H and O–H groups in total. The molecule has 3 rings (SSSR count). The van der Waals surface area contributed by atoms with Crippen molar-refractivity contribution in [1.82, 2.24) is 15.5 Å². The van der Waals surface area contributed by atoms with Crippen LogP contribution in [0.25, 0.3) is 11.3 Å².